The van der Waals surface area contributed by atoms with Crippen LogP contribution in [0.15, 0.2) is 46.9 Å². The fourth-order valence-electron chi connectivity index (χ4n) is 2.11. The number of rotatable bonds is 2. The molecule has 0 fully saturated rings. The number of amides is 1. The lowest BCUT2D eigenvalue weighted by atomic mass is 9.83. The highest BCUT2D eigenvalue weighted by Gasteiger charge is 2.21. The van der Waals surface area contributed by atoms with Crippen LogP contribution in [0.5, 0.6) is 0 Å². The van der Waals surface area contributed by atoms with Crippen LogP contribution in [0.1, 0.15) is 36.7 Å². The average molecular weight is 367 g/mol. The number of anilines is 1. The highest BCUT2D eigenvalue weighted by molar-refractivity contribution is 9.10. The summed E-state index contributed by atoms with van der Waals surface area (Å²) in [6.07, 6.45) is 0. The van der Waals surface area contributed by atoms with Gasteiger partial charge in [-0.3, -0.25) is 4.79 Å². The number of carbonyl (C=O) groups is 1. The van der Waals surface area contributed by atoms with Crippen LogP contribution < -0.4 is 5.32 Å². The van der Waals surface area contributed by atoms with Crippen molar-refractivity contribution in [2.24, 2.45) is 0 Å². The molecule has 2 aromatic rings. The molecule has 0 aromatic heterocycles. The molecule has 0 bridgehead atoms. The van der Waals surface area contributed by atoms with Gasteiger partial charge in [0.2, 0.25) is 0 Å². The van der Waals surface area contributed by atoms with Crippen molar-refractivity contribution in [3.05, 3.63) is 63.1 Å². The van der Waals surface area contributed by atoms with Gasteiger partial charge >= 0.3 is 0 Å². The Hall–Kier alpha value is -1.32. The fourth-order valence-corrected chi connectivity index (χ4v) is 2.53. The lowest BCUT2D eigenvalue weighted by molar-refractivity contribution is 0.102. The second-order valence-corrected chi connectivity index (χ2v) is 7.14. The SMILES string of the molecule is CC(C)(C)c1ccccc1C(=O)Nc1ccc(Br)c(Cl)c1. The van der Waals surface area contributed by atoms with Gasteiger partial charge in [-0.25, -0.2) is 0 Å². The quantitative estimate of drug-likeness (QED) is 0.731. The molecule has 21 heavy (non-hydrogen) atoms. The normalized spacial score (nSPS) is 11.3. The summed E-state index contributed by atoms with van der Waals surface area (Å²) in [6.45, 7) is 6.28. The van der Waals surface area contributed by atoms with E-state index in [0.29, 0.717) is 16.3 Å². The smallest absolute Gasteiger partial charge is 0.255 e. The Labute approximate surface area is 138 Å². The van der Waals surface area contributed by atoms with E-state index in [1.165, 1.54) is 0 Å². The molecule has 0 saturated heterocycles. The second kappa shape index (κ2) is 6.20. The Bertz CT molecular complexity index is 677. The summed E-state index contributed by atoms with van der Waals surface area (Å²) in [4.78, 5) is 12.5. The summed E-state index contributed by atoms with van der Waals surface area (Å²) >= 11 is 9.38. The van der Waals surface area contributed by atoms with Crippen molar-refractivity contribution in [1.82, 2.24) is 0 Å². The fraction of sp³-hybridized carbons (Fsp3) is 0.235. The maximum absolute atomic E-state index is 12.5. The Kier molecular flexibility index (Phi) is 4.74. The Balaban J connectivity index is 2.31. The Morgan fingerprint density at radius 1 is 1.14 bits per heavy atom. The van der Waals surface area contributed by atoms with Crippen LogP contribution in [0, 0.1) is 0 Å². The first-order valence-corrected chi connectivity index (χ1v) is 7.82. The molecule has 0 aliphatic carbocycles. The van der Waals surface area contributed by atoms with E-state index >= 15 is 0 Å². The van der Waals surface area contributed by atoms with E-state index in [9.17, 15) is 4.79 Å². The summed E-state index contributed by atoms with van der Waals surface area (Å²) in [5, 5.41) is 3.46. The minimum absolute atomic E-state index is 0.0920. The summed E-state index contributed by atoms with van der Waals surface area (Å²) < 4.78 is 0.803. The molecule has 1 amide bonds. The predicted octanol–water partition coefficient (Wildman–Crippen LogP) is 5.65. The number of carbonyl (C=O) groups excluding carboxylic acids is 1. The molecule has 2 aromatic carbocycles. The van der Waals surface area contributed by atoms with Crippen LogP contribution in [0.25, 0.3) is 0 Å². The highest BCUT2D eigenvalue weighted by atomic mass is 79.9. The number of hydrogen-bond acceptors (Lipinski definition) is 1. The van der Waals surface area contributed by atoms with Crippen LogP contribution in [0.4, 0.5) is 5.69 Å². The van der Waals surface area contributed by atoms with Crippen LogP contribution in [-0.4, -0.2) is 5.91 Å². The molecule has 0 saturated carbocycles. The summed E-state index contributed by atoms with van der Waals surface area (Å²) in [6, 6.07) is 13.0. The molecule has 1 N–H and O–H groups in total. The molecule has 0 radical (unpaired) electrons. The van der Waals surface area contributed by atoms with Crippen LogP contribution in [0.2, 0.25) is 5.02 Å². The lowest BCUT2D eigenvalue weighted by Crippen LogP contribution is -2.20. The van der Waals surface area contributed by atoms with Gasteiger partial charge in [-0.05, 0) is 51.2 Å². The van der Waals surface area contributed by atoms with Crippen molar-refractivity contribution in [3.63, 3.8) is 0 Å². The standard InChI is InChI=1S/C17H17BrClNO/c1-17(2,3)13-7-5-4-6-12(13)16(21)20-11-8-9-14(18)15(19)10-11/h4-10H,1-3H3,(H,20,21). The lowest BCUT2D eigenvalue weighted by Gasteiger charge is -2.22. The van der Waals surface area contributed by atoms with E-state index in [-0.39, 0.29) is 11.3 Å². The topological polar surface area (TPSA) is 29.1 Å². The van der Waals surface area contributed by atoms with E-state index in [0.717, 1.165) is 10.0 Å². The molecule has 0 aliphatic heterocycles. The third-order valence-electron chi connectivity index (χ3n) is 3.16. The molecule has 0 aliphatic rings. The molecular weight excluding hydrogens is 350 g/mol. The van der Waals surface area contributed by atoms with Crippen LogP contribution >= 0.6 is 27.5 Å². The third kappa shape index (κ3) is 3.86. The van der Waals surface area contributed by atoms with Gasteiger partial charge in [0, 0.05) is 15.7 Å². The summed E-state index contributed by atoms with van der Waals surface area (Å²) in [5.41, 5.74) is 2.29. The maximum atomic E-state index is 12.5. The summed E-state index contributed by atoms with van der Waals surface area (Å²) in [5.74, 6) is -0.126. The maximum Gasteiger partial charge on any atom is 0.255 e. The molecule has 0 spiro atoms. The number of benzene rings is 2. The molecule has 110 valence electrons. The van der Waals surface area contributed by atoms with Gasteiger partial charge in [0.1, 0.15) is 0 Å². The molecule has 2 nitrogen and oxygen atoms in total. The zero-order valence-corrected chi connectivity index (χ0v) is 14.5. The predicted molar refractivity (Wildman–Crippen MR) is 92.2 cm³/mol. The zero-order chi connectivity index (χ0) is 15.6. The van der Waals surface area contributed by atoms with Gasteiger partial charge < -0.3 is 5.32 Å². The Morgan fingerprint density at radius 3 is 2.43 bits per heavy atom. The van der Waals surface area contributed by atoms with Gasteiger partial charge in [-0.15, -0.1) is 0 Å². The minimum atomic E-state index is -0.126. The molecule has 0 atom stereocenters. The van der Waals surface area contributed by atoms with Crippen molar-refractivity contribution in [1.29, 1.82) is 0 Å². The van der Waals surface area contributed by atoms with E-state index in [2.05, 4.69) is 42.0 Å². The Morgan fingerprint density at radius 2 is 1.81 bits per heavy atom. The van der Waals surface area contributed by atoms with Gasteiger partial charge in [-0.2, -0.15) is 0 Å². The van der Waals surface area contributed by atoms with Crippen molar-refractivity contribution in [2.45, 2.75) is 26.2 Å². The number of hydrogen-bond donors (Lipinski definition) is 1. The zero-order valence-electron chi connectivity index (χ0n) is 12.2. The number of nitrogens with one attached hydrogen (secondary N) is 1. The third-order valence-corrected chi connectivity index (χ3v) is 4.39. The van der Waals surface area contributed by atoms with E-state index in [4.69, 9.17) is 11.6 Å². The molecule has 4 heteroatoms. The summed E-state index contributed by atoms with van der Waals surface area (Å²) in [7, 11) is 0. The van der Waals surface area contributed by atoms with Gasteiger partial charge in [-0.1, -0.05) is 50.6 Å². The first-order chi connectivity index (χ1) is 9.79. The van der Waals surface area contributed by atoms with Gasteiger partial charge in [0.05, 0.1) is 5.02 Å². The molecule has 0 heterocycles. The van der Waals surface area contributed by atoms with E-state index < -0.39 is 0 Å². The monoisotopic (exact) mass is 365 g/mol. The first kappa shape index (κ1) is 16.1. The van der Waals surface area contributed by atoms with Gasteiger partial charge in [0.15, 0.2) is 0 Å². The van der Waals surface area contributed by atoms with Crippen molar-refractivity contribution in [2.75, 3.05) is 5.32 Å². The van der Waals surface area contributed by atoms with Crippen molar-refractivity contribution >= 4 is 39.1 Å². The van der Waals surface area contributed by atoms with E-state index in [1.54, 1.807) is 6.07 Å². The highest BCUT2D eigenvalue weighted by Crippen LogP contribution is 2.28. The minimum Gasteiger partial charge on any atom is -0.322 e. The van der Waals surface area contributed by atoms with Crippen molar-refractivity contribution in [3.8, 4) is 0 Å². The average Bonchev–Trinajstić information content (AvgIpc) is 2.42. The first-order valence-electron chi connectivity index (χ1n) is 6.65. The molecule has 2 rings (SSSR count). The van der Waals surface area contributed by atoms with Crippen LogP contribution in [-0.2, 0) is 5.41 Å². The molecule has 0 unspecified atom stereocenters. The van der Waals surface area contributed by atoms with Crippen LogP contribution in [0.3, 0.4) is 0 Å². The second-order valence-electron chi connectivity index (χ2n) is 5.88. The molecular formula is C17H17BrClNO. The van der Waals surface area contributed by atoms with E-state index in [1.807, 2.05) is 36.4 Å². The van der Waals surface area contributed by atoms with Crippen molar-refractivity contribution < 1.29 is 4.79 Å². The number of halogens is 2. The largest absolute Gasteiger partial charge is 0.322 e. The van der Waals surface area contributed by atoms with Gasteiger partial charge in [0.25, 0.3) is 5.91 Å².